The number of carboxylic acid groups (broad SMARTS) is 1. The minimum atomic E-state index is -0.962. The minimum absolute atomic E-state index is 0.0314. The predicted octanol–water partition coefficient (Wildman–Crippen LogP) is 4.74. The molecule has 7 heteroatoms. The monoisotopic (exact) mass is 450 g/mol. The van der Waals surface area contributed by atoms with E-state index in [2.05, 4.69) is 33.0 Å². The maximum absolute atomic E-state index is 12.7. The van der Waals surface area contributed by atoms with Gasteiger partial charge >= 0.3 is 12.0 Å². The molecule has 0 saturated carbocycles. The molecule has 0 saturated heterocycles. The average Bonchev–Trinajstić information content (AvgIpc) is 2.74. The fourth-order valence-electron chi connectivity index (χ4n) is 3.13. The van der Waals surface area contributed by atoms with E-state index < -0.39 is 12.1 Å². The lowest BCUT2D eigenvalue weighted by molar-refractivity contribution is -0.149. The van der Waals surface area contributed by atoms with Gasteiger partial charge in [0.2, 0.25) is 0 Å². The van der Waals surface area contributed by atoms with E-state index in [0.29, 0.717) is 45.0 Å². The zero-order valence-electron chi connectivity index (χ0n) is 20.5. The first-order valence-electron chi connectivity index (χ1n) is 11.7. The fraction of sp³-hybridized carbons (Fsp3) is 0.680. The molecule has 0 aromatic heterocycles. The molecule has 2 N–H and O–H groups in total. The Morgan fingerprint density at radius 2 is 1.75 bits per heavy atom. The molecule has 0 radical (unpaired) electrons. The highest BCUT2D eigenvalue weighted by Gasteiger charge is 2.18. The van der Waals surface area contributed by atoms with E-state index in [0.717, 1.165) is 24.8 Å². The lowest BCUT2D eigenvalue weighted by atomic mass is 9.97. The summed E-state index contributed by atoms with van der Waals surface area (Å²) in [5, 5.41) is 12.2. The summed E-state index contributed by atoms with van der Waals surface area (Å²) < 4.78 is 11.1. The van der Waals surface area contributed by atoms with Crippen molar-refractivity contribution >= 4 is 12.0 Å². The van der Waals surface area contributed by atoms with Gasteiger partial charge in [0.05, 0.1) is 6.54 Å². The van der Waals surface area contributed by atoms with Crippen LogP contribution in [-0.2, 0) is 16.0 Å². The summed E-state index contributed by atoms with van der Waals surface area (Å²) >= 11 is 0. The molecule has 1 atom stereocenters. The zero-order valence-corrected chi connectivity index (χ0v) is 20.5. The van der Waals surface area contributed by atoms with Gasteiger partial charge in [0.15, 0.2) is 6.10 Å². The first-order valence-corrected chi connectivity index (χ1v) is 11.7. The van der Waals surface area contributed by atoms with Crippen molar-refractivity contribution < 1.29 is 24.2 Å². The van der Waals surface area contributed by atoms with Crippen molar-refractivity contribution in [1.29, 1.82) is 0 Å². The summed E-state index contributed by atoms with van der Waals surface area (Å²) in [7, 11) is 0. The fourth-order valence-corrected chi connectivity index (χ4v) is 3.13. The normalized spacial score (nSPS) is 12.3. The van der Waals surface area contributed by atoms with E-state index in [1.807, 2.05) is 29.2 Å². The first-order chi connectivity index (χ1) is 15.2. The Balaban J connectivity index is 2.57. The standard InChI is InChI=1S/C25H42N2O5/c1-6-8-9-10-15-27(24(30)26-19-25(3,4)5)16-17-32-21-13-11-20(12-14-21)18-22(23(28)29)31-7-2/h11-14,22H,6-10,15-19H2,1-5H3,(H,26,30)(H,28,29). The Kier molecular flexibility index (Phi) is 12.8. The first kappa shape index (κ1) is 27.8. The van der Waals surface area contributed by atoms with Crippen molar-refractivity contribution in [2.75, 3.05) is 32.8 Å². The van der Waals surface area contributed by atoms with Gasteiger partial charge in [0.25, 0.3) is 0 Å². The van der Waals surface area contributed by atoms with Crippen LogP contribution in [0.2, 0.25) is 0 Å². The maximum Gasteiger partial charge on any atom is 0.333 e. The summed E-state index contributed by atoms with van der Waals surface area (Å²) in [5.41, 5.74) is 0.904. The number of urea groups is 1. The van der Waals surface area contributed by atoms with Gasteiger partial charge in [-0.3, -0.25) is 0 Å². The van der Waals surface area contributed by atoms with Crippen LogP contribution in [0.5, 0.6) is 5.75 Å². The highest BCUT2D eigenvalue weighted by atomic mass is 16.5. The van der Waals surface area contributed by atoms with Gasteiger partial charge < -0.3 is 24.8 Å². The van der Waals surface area contributed by atoms with Crippen molar-refractivity contribution in [3.8, 4) is 5.75 Å². The zero-order chi connectivity index (χ0) is 24.0. The minimum Gasteiger partial charge on any atom is -0.492 e. The van der Waals surface area contributed by atoms with Crippen LogP contribution in [0.1, 0.15) is 65.9 Å². The molecule has 0 spiro atoms. The van der Waals surface area contributed by atoms with E-state index in [-0.39, 0.29) is 11.4 Å². The van der Waals surface area contributed by atoms with Gasteiger partial charge in [-0.1, -0.05) is 59.1 Å². The van der Waals surface area contributed by atoms with Crippen LogP contribution in [0.25, 0.3) is 0 Å². The number of nitrogens with zero attached hydrogens (tertiary/aromatic N) is 1. The summed E-state index contributed by atoms with van der Waals surface area (Å²) in [6.07, 6.45) is 3.89. The van der Waals surface area contributed by atoms with E-state index in [4.69, 9.17) is 9.47 Å². The molecule has 182 valence electrons. The number of carbonyl (C=O) groups excluding carboxylic acids is 1. The molecular formula is C25H42N2O5. The lowest BCUT2D eigenvalue weighted by Crippen LogP contribution is -2.45. The number of carbonyl (C=O) groups is 2. The number of hydrogen-bond donors (Lipinski definition) is 2. The number of benzene rings is 1. The number of nitrogens with one attached hydrogen (secondary N) is 1. The molecule has 0 heterocycles. The third-order valence-electron chi connectivity index (χ3n) is 4.96. The number of aliphatic carboxylic acids is 1. The Morgan fingerprint density at radius 3 is 2.31 bits per heavy atom. The van der Waals surface area contributed by atoms with E-state index >= 15 is 0 Å². The molecule has 0 bridgehead atoms. The SMILES string of the molecule is CCCCCCN(CCOc1ccc(CC(OCC)C(=O)O)cc1)C(=O)NCC(C)(C)C. The summed E-state index contributed by atoms with van der Waals surface area (Å²) in [6.45, 7) is 12.8. The highest BCUT2D eigenvalue weighted by Crippen LogP contribution is 2.15. The van der Waals surface area contributed by atoms with Crippen molar-refractivity contribution in [2.24, 2.45) is 5.41 Å². The smallest absolute Gasteiger partial charge is 0.333 e. The largest absolute Gasteiger partial charge is 0.492 e. The topological polar surface area (TPSA) is 88.1 Å². The van der Waals surface area contributed by atoms with Crippen LogP contribution in [-0.4, -0.2) is 61.0 Å². The van der Waals surface area contributed by atoms with Gasteiger partial charge in [-0.05, 0) is 36.5 Å². The van der Waals surface area contributed by atoms with Gasteiger partial charge in [0, 0.05) is 26.1 Å². The second-order valence-corrected chi connectivity index (χ2v) is 9.25. The molecule has 2 amide bonds. The molecule has 0 aliphatic heterocycles. The third-order valence-corrected chi connectivity index (χ3v) is 4.96. The Morgan fingerprint density at radius 1 is 1.06 bits per heavy atom. The average molecular weight is 451 g/mol. The summed E-state index contributed by atoms with van der Waals surface area (Å²) in [5.74, 6) is -0.269. The summed E-state index contributed by atoms with van der Waals surface area (Å²) in [4.78, 5) is 25.7. The number of rotatable bonds is 15. The van der Waals surface area contributed by atoms with Crippen LogP contribution < -0.4 is 10.1 Å². The number of ether oxygens (including phenoxy) is 2. The Hall–Kier alpha value is -2.28. The van der Waals surface area contributed by atoms with Crippen LogP contribution in [0.15, 0.2) is 24.3 Å². The second kappa shape index (κ2) is 14.7. The Labute approximate surface area is 193 Å². The summed E-state index contributed by atoms with van der Waals surface area (Å²) in [6, 6.07) is 7.30. The maximum atomic E-state index is 12.7. The van der Waals surface area contributed by atoms with Crippen LogP contribution in [0.4, 0.5) is 4.79 Å². The van der Waals surface area contributed by atoms with Gasteiger partial charge in [-0.25, -0.2) is 9.59 Å². The van der Waals surface area contributed by atoms with E-state index in [9.17, 15) is 14.7 Å². The van der Waals surface area contributed by atoms with Gasteiger partial charge in [-0.2, -0.15) is 0 Å². The van der Waals surface area contributed by atoms with Gasteiger partial charge in [0.1, 0.15) is 12.4 Å². The van der Waals surface area contributed by atoms with E-state index in [1.54, 1.807) is 6.92 Å². The molecule has 1 unspecified atom stereocenters. The molecule has 0 aliphatic carbocycles. The molecule has 32 heavy (non-hydrogen) atoms. The van der Waals surface area contributed by atoms with Crippen molar-refractivity contribution in [3.63, 3.8) is 0 Å². The molecule has 1 rings (SSSR count). The lowest BCUT2D eigenvalue weighted by Gasteiger charge is -2.26. The molecule has 0 aliphatic rings. The molecule has 1 aromatic carbocycles. The molecular weight excluding hydrogens is 408 g/mol. The quantitative estimate of drug-likeness (QED) is 0.377. The molecule has 0 fully saturated rings. The van der Waals surface area contributed by atoms with Crippen LogP contribution >= 0.6 is 0 Å². The Bertz CT molecular complexity index is 670. The number of unbranched alkanes of at least 4 members (excludes halogenated alkanes) is 3. The van der Waals surface area contributed by atoms with Crippen LogP contribution in [0, 0.1) is 5.41 Å². The van der Waals surface area contributed by atoms with Crippen molar-refractivity contribution in [2.45, 2.75) is 72.8 Å². The third kappa shape index (κ3) is 11.9. The molecule has 7 nitrogen and oxygen atoms in total. The van der Waals surface area contributed by atoms with E-state index in [1.165, 1.54) is 6.42 Å². The van der Waals surface area contributed by atoms with Crippen molar-refractivity contribution in [1.82, 2.24) is 10.2 Å². The van der Waals surface area contributed by atoms with Crippen LogP contribution in [0.3, 0.4) is 0 Å². The number of hydrogen-bond acceptors (Lipinski definition) is 4. The number of amides is 2. The van der Waals surface area contributed by atoms with Crippen molar-refractivity contribution in [3.05, 3.63) is 29.8 Å². The molecule has 1 aromatic rings. The predicted molar refractivity (Wildman–Crippen MR) is 127 cm³/mol. The highest BCUT2D eigenvalue weighted by molar-refractivity contribution is 5.74. The second-order valence-electron chi connectivity index (χ2n) is 9.25. The number of carboxylic acids is 1. The van der Waals surface area contributed by atoms with Gasteiger partial charge in [-0.15, -0.1) is 0 Å².